The number of benzene rings is 3. The van der Waals surface area contributed by atoms with Crippen molar-refractivity contribution in [2.75, 3.05) is 32.0 Å². The first kappa shape index (κ1) is 34.0. The van der Waals surface area contributed by atoms with Crippen LogP contribution in [-0.2, 0) is 28.9 Å². The number of nitrogens with one attached hydrogen (secondary N) is 4. The number of fused-ring (bicyclic) bond motifs is 4. The molecule has 11 heteroatoms. The molecule has 1 aliphatic carbocycles. The summed E-state index contributed by atoms with van der Waals surface area (Å²) in [6.07, 6.45) is 2.76. The van der Waals surface area contributed by atoms with E-state index in [9.17, 15) is 14.4 Å². The van der Waals surface area contributed by atoms with E-state index in [0.29, 0.717) is 46.9 Å². The highest BCUT2D eigenvalue weighted by Gasteiger charge is 2.29. The van der Waals surface area contributed by atoms with Crippen LogP contribution in [0.15, 0.2) is 77.6 Å². The number of aromatic amines is 1. The number of nitrogens with zero attached hydrogens (tertiary/aromatic N) is 1. The number of rotatable bonds is 11. The third-order valence-electron chi connectivity index (χ3n) is 8.97. The Morgan fingerprint density at radius 3 is 2.44 bits per heavy atom. The molecule has 0 bridgehead atoms. The Morgan fingerprint density at radius 2 is 1.72 bits per heavy atom. The van der Waals surface area contributed by atoms with Crippen LogP contribution in [0.4, 0.5) is 11.4 Å². The molecule has 6 rings (SSSR count). The number of amides is 2. The van der Waals surface area contributed by atoms with Gasteiger partial charge in [-0.05, 0) is 84.8 Å². The summed E-state index contributed by atoms with van der Waals surface area (Å²) < 4.78 is 17.1. The Bertz CT molecular complexity index is 2110. The minimum atomic E-state index is -0.763. The van der Waals surface area contributed by atoms with Gasteiger partial charge in [0, 0.05) is 24.6 Å². The number of methoxy groups -OCH3 is 3. The topological polar surface area (TPSA) is 144 Å². The Kier molecular flexibility index (Phi) is 10.0. The number of imidazole rings is 1. The van der Waals surface area contributed by atoms with Crippen LogP contribution >= 0.6 is 0 Å². The Balaban J connectivity index is 1.26. The molecule has 5 aromatic rings. The van der Waals surface area contributed by atoms with E-state index in [-0.39, 0.29) is 22.9 Å². The summed E-state index contributed by atoms with van der Waals surface area (Å²) in [5, 5.41) is 9.06. The van der Waals surface area contributed by atoms with E-state index in [4.69, 9.17) is 19.2 Å². The fourth-order valence-electron chi connectivity index (χ4n) is 6.54. The van der Waals surface area contributed by atoms with E-state index in [2.05, 4.69) is 33.1 Å². The molecule has 0 unspecified atom stereocenters. The quantitative estimate of drug-likeness (QED) is 0.134. The number of H-pyrrole nitrogens is 1. The van der Waals surface area contributed by atoms with Gasteiger partial charge in [-0.15, -0.1) is 0 Å². The first-order valence-electron chi connectivity index (χ1n) is 16.6. The molecule has 1 heterocycles. The van der Waals surface area contributed by atoms with Gasteiger partial charge in [-0.3, -0.25) is 14.4 Å². The average Bonchev–Trinajstić information content (AvgIpc) is 3.38. The van der Waals surface area contributed by atoms with E-state index < -0.39 is 12.1 Å². The predicted molar refractivity (Wildman–Crippen MR) is 194 cm³/mol. The van der Waals surface area contributed by atoms with Crippen LogP contribution in [0.5, 0.6) is 17.2 Å². The number of anilines is 2. The van der Waals surface area contributed by atoms with Gasteiger partial charge in [0.25, 0.3) is 0 Å². The van der Waals surface area contributed by atoms with Crippen molar-refractivity contribution in [1.82, 2.24) is 15.3 Å². The maximum Gasteiger partial charge on any atom is 0.246 e. The highest BCUT2D eigenvalue weighted by Crippen LogP contribution is 2.50. The first-order valence-corrected chi connectivity index (χ1v) is 16.6. The van der Waals surface area contributed by atoms with Crippen molar-refractivity contribution in [2.45, 2.75) is 51.6 Å². The summed E-state index contributed by atoms with van der Waals surface area (Å²) in [6, 6.07) is 21.5. The van der Waals surface area contributed by atoms with Gasteiger partial charge in [0.15, 0.2) is 11.5 Å². The van der Waals surface area contributed by atoms with Crippen LogP contribution in [0.2, 0.25) is 0 Å². The molecule has 2 atom stereocenters. The second-order valence-corrected chi connectivity index (χ2v) is 12.4. The van der Waals surface area contributed by atoms with Crippen LogP contribution < -0.4 is 35.6 Å². The zero-order valence-electron chi connectivity index (χ0n) is 28.8. The molecule has 11 nitrogen and oxygen atoms in total. The van der Waals surface area contributed by atoms with E-state index in [1.54, 1.807) is 27.2 Å². The van der Waals surface area contributed by atoms with Crippen molar-refractivity contribution >= 4 is 34.2 Å². The molecule has 4 N–H and O–H groups in total. The van der Waals surface area contributed by atoms with Crippen molar-refractivity contribution in [3.05, 3.63) is 106 Å². The second kappa shape index (κ2) is 14.7. The van der Waals surface area contributed by atoms with Gasteiger partial charge in [0.05, 0.1) is 44.1 Å². The van der Waals surface area contributed by atoms with E-state index >= 15 is 0 Å². The van der Waals surface area contributed by atoms with E-state index in [1.807, 2.05) is 48.5 Å². The summed E-state index contributed by atoms with van der Waals surface area (Å²) in [7, 11) is 4.65. The molecule has 1 aliphatic rings. The standard InChI is InChI=1S/C39H41N5O6/c1-22(39(47)42-26-13-16-30-32(20-26)44-35(43-30)18-11-24-9-7-6-8-10-24)40-31-17-14-27-28(21-33(31)46)29(41-23(2)45)15-12-25-19-34(48-3)37(49-4)38(50-5)36(25)27/h6-10,13-14,16-17,19-22,29H,11-12,15,18H2,1-5H3,(H,40,46)(H,41,45)(H,42,47)(H,43,44)/t22-,29-/m1/s1. The van der Waals surface area contributed by atoms with Gasteiger partial charge in [0.2, 0.25) is 23.0 Å². The molecule has 2 amide bonds. The van der Waals surface area contributed by atoms with Crippen LogP contribution in [-0.4, -0.2) is 49.2 Å². The van der Waals surface area contributed by atoms with Crippen molar-refractivity contribution in [1.29, 1.82) is 0 Å². The zero-order valence-corrected chi connectivity index (χ0v) is 28.8. The lowest BCUT2D eigenvalue weighted by molar-refractivity contribution is -0.119. The Morgan fingerprint density at radius 1 is 0.940 bits per heavy atom. The minimum absolute atomic E-state index is 0.214. The van der Waals surface area contributed by atoms with Crippen LogP contribution in [0, 0.1) is 0 Å². The molecule has 0 fully saturated rings. The van der Waals surface area contributed by atoms with E-state index in [1.165, 1.54) is 25.7 Å². The summed E-state index contributed by atoms with van der Waals surface area (Å²) >= 11 is 0. The van der Waals surface area contributed by atoms with Gasteiger partial charge in [-0.1, -0.05) is 36.4 Å². The lowest BCUT2D eigenvalue weighted by Crippen LogP contribution is -2.33. The molecule has 0 aliphatic heterocycles. The monoisotopic (exact) mass is 675 g/mol. The number of carbonyl (C=O) groups excluding carboxylic acids is 2. The van der Waals surface area contributed by atoms with Gasteiger partial charge >= 0.3 is 0 Å². The molecular formula is C39H41N5O6. The maximum absolute atomic E-state index is 13.7. The first-order chi connectivity index (χ1) is 24.2. The Hall–Kier alpha value is -5.84. The third kappa shape index (κ3) is 7.12. The van der Waals surface area contributed by atoms with Crippen LogP contribution in [0.1, 0.15) is 48.8 Å². The third-order valence-corrected chi connectivity index (χ3v) is 8.97. The molecule has 258 valence electrons. The van der Waals surface area contributed by atoms with Gasteiger partial charge < -0.3 is 35.1 Å². The SMILES string of the molecule is COc1cc2c(c(OC)c1OC)-c1ccc(N[C@H](C)C(=O)Nc3ccc4nc(CCc5ccccc5)[nH]c4c3)c(=O)cc1[C@H](NC(C)=O)CC2. The molecule has 0 spiro atoms. The number of hydrogen-bond acceptors (Lipinski definition) is 8. The summed E-state index contributed by atoms with van der Waals surface area (Å²) in [4.78, 5) is 47.4. The number of aryl methyl sites for hydroxylation is 3. The predicted octanol–water partition coefficient (Wildman–Crippen LogP) is 5.96. The smallest absolute Gasteiger partial charge is 0.246 e. The normalized spacial score (nSPS) is 14.1. The fraction of sp³-hybridized carbons (Fsp3) is 0.282. The Labute approximate surface area is 290 Å². The number of hydrogen-bond donors (Lipinski definition) is 4. The van der Waals surface area contributed by atoms with Gasteiger partial charge in [-0.25, -0.2) is 4.98 Å². The number of aromatic nitrogens is 2. The van der Waals surface area contributed by atoms with Crippen molar-refractivity contribution in [2.24, 2.45) is 0 Å². The van der Waals surface area contributed by atoms with Crippen LogP contribution in [0.3, 0.4) is 0 Å². The number of ether oxygens (including phenoxy) is 3. The summed E-state index contributed by atoms with van der Waals surface area (Å²) in [5.74, 6) is 1.75. The summed E-state index contributed by atoms with van der Waals surface area (Å²) in [6.45, 7) is 3.15. The highest BCUT2D eigenvalue weighted by molar-refractivity contribution is 5.97. The molecule has 1 aromatic heterocycles. The molecule has 50 heavy (non-hydrogen) atoms. The lowest BCUT2D eigenvalue weighted by atomic mass is 9.95. The van der Waals surface area contributed by atoms with Crippen LogP contribution in [0.25, 0.3) is 22.2 Å². The summed E-state index contributed by atoms with van der Waals surface area (Å²) in [5.41, 5.74) is 6.40. The highest BCUT2D eigenvalue weighted by atomic mass is 16.5. The molecule has 0 saturated heterocycles. The fourth-order valence-corrected chi connectivity index (χ4v) is 6.54. The average molecular weight is 676 g/mol. The van der Waals surface area contributed by atoms with Crippen molar-refractivity contribution < 1.29 is 23.8 Å². The second-order valence-electron chi connectivity index (χ2n) is 12.4. The van der Waals surface area contributed by atoms with Gasteiger partial charge in [0.1, 0.15) is 11.9 Å². The largest absolute Gasteiger partial charge is 0.493 e. The van der Waals surface area contributed by atoms with Crippen molar-refractivity contribution in [3.63, 3.8) is 0 Å². The molecule has 4 aromatic carbocycles. The zero-order chi connectivity index (χ0) is 35.4. The molecular weight excluding hydrogens is 634 g/mol. The lowest BCUT2D eigenvalue weighted by Gasteiger charge is -2.19. The molecule has 0 saturated carbocycles. The number of carbonyl (C=O) groups is 2. The molecule has 0 radical (unpaired) electrons. The van der Waals surface area contributed by atoms with Crippen molar-refractivity contribution in [3.8, 4) is 28.4 Å². The minimum Gasteiger partial charge on any atom is -0.493 e. The maximum atomic E-state index is 13.7. The van der Waals surface area contributed by atoms with Gasteiger partial charge in [-0.2, -0.15) is 0 Å². The van der Waals surface area contributed by atoms with E-state index in [0.717, 1.165) is 40.8 Å².